The number of para-hydroxylation sites is 1. The normalized spacial score (nSPS) is 22.7. The first-order chi connectivity index (χ1) is 43.3. The summed E-state index contributed by atoms with van der Waals surface area (Å²) in [5.74, 6) is -6.88. The molecule has 6 aliphatic rings. The summed E-state index contributed by atoms with van der Waals surface area (Å²) in [6.45, 7) is 8.81. The van der Waals surface area contributed by atoms with Crippen LogP contribution >= 0.6 is 18.9 Å². The number of carbonyl (C=O) groups excluding carboxylic acids is 2. The number of nitrogens with two attached hydrogens (primary N) is 1. The third kappa shape index (κ3) is 14.0. The summed E-state index contributed by atoms with van der Waals surface area (Å²) in [4.78, 5) is 84.6. The van der Waals surface area contributed by atoms with E-state index in [1.165, 1.54) is 22.3 Å². The molecule has 2 unspecified atom stereocenters. The van der Waals surface area contributed by atoms with Crippen LogP contribution in [-0.4, -0.2) is 148 Å². The number of aliphatic hydroxyl groups excluding tert-OH is 3. The molecule has 12 rings (SSSR count). The van der Waals surface area contributed by atoms with Crippen molar-refractivity contribution < 1.29 is 78.0 Å². The van der Waals surface area contributed by atoms with Crippen LogP contribution in [0.15, 0.2) is 108 Å². The molecule has 91 heavy (non-hydrogen) atoms. The number of carbonyl (C=O) groups is 4. The Morgan fingerprint density at radius 3 is 2.42 bits per heavy atom. The Hall–Kier alpha value is -8.52. The largest absolute Gasteiger partial charge is 0.503 e. The number of hydrogen-bond acceptors (Lipinski definition) is 19. The molecule has 5 heterocycles. The van der Waals surface area contributed by atoms with E-state index < -0.39 is 66.7 Å². The average Bonchev–Trinajstić information content (AvgIpc) is 0.841. The van der Waals surface area contributed by atoms with Gasteiger partial charge in [0.2, 0.25) is 17.3 Å². The molecule has 11 N–H and O–H groups in total. The van der Waals surface area contributed by atoms with E-state index in [1.807, 2.05) is 59.0 Å². The number of rotatable bonds is 25. The van der Waals surface area contributed by atoms with Gasteiger partial charge >= 0.3 is 31.9 Å². The van der Waals surface area contributed by atoms with Crippen molar-refractivity contribution in [3.8, 4) is 16.9 Å². The van der Waals surface area contributed by atoms with Crippen molar-refractivity contribution in [3.63, 3.8) is 0 Å². The maximum atomic E-state index is 13.8. The molecule has 0 spiro atoms. The highest BCUT2D eigenvalue weighted by Crippen LogP contribution is 2.72. The van der Waals surface area contributed by atoms with E-state index in [0.29, 0.717) is 84.5 Å². The van der Waals surface area contributed by atoms with Crippen molar-refractivity contribution in [3.05, 3.63) is 142 Å². The Kier molecular flexibility index (Phi) is 18.0. The molecule has 4 saturated carbocycles. The van der Waals surface area contributed by atoms with Crippen LogP contribution in [0.4, 0.5) is 21.4 Å². The summed E-state index contributed by atoms with van der Waals surface area (Å²) in [6, 6.07) is 21.8. The number of thiazole rings is 1. The monoisotopic (exact) mass is 1290 g/mol. The van der Waals surface area contributed by atoms with E-state index in [2.05, 4.69) is 29.5 Å². The molecule has 25 nitrogen and oxygen atoms in total. The molecule has 0 saturated heterocycles. The smallest absolute Gasteiger partial charge is 0.410 e. The molecule has 3 aromatic carbocycles. The van der Waals surface area contributed by atoms with E-state index in [4.69, 9.17) is 34.8 Å². The van der Waals surface area contributed by atoms with Gasteiger partial charge in [0.05, 0.1) is 40.5 Å². The van der Waals surface area contributed by atoms with Crippen molar-refractivity contribution in [2.24, 2.45) is 22.0 Å². The van der Waals surface area contributed by atoms with Crippen molar-refractivity contribution in [1.29, 1.82) is 0 Å². The second-order valence-corrected chi connectivity index (χ2v) is 28.1. The third-order valence-corrected chi connectivity index (χ3v) is 19.6. The number of carboxylic acids is 2. The number of nitrogens with one attached hydrogen (secondary N) is 2. The average molecular weight is 1290 g/mol. The lowest BCUT2D eigenvalue weighted by Gasteiger charge is -2.69. The van der Waals surface area contributed by atoms with Gasteiger partial charge in [-0.1, -0.05) is 61.6 Å². The van der Waals surface area contributed by atoms with Crippen LogP contribution in [0.1, 0.15) is 108 Å². The van der Waals surface area contributed by atoms with Crippen LogP contribution in [0.2, 0.25) is 0 Å². The minimum Gasteiger partial charge on any atom is -0.503 e. The number of hydrogen-bond donors (Lipinski definition) is 10. The highest BCUT2D eigenvalue weighted by Gasteiger charge is 2.66. The van der Waals surface area contributed by atoms with Crippen molar-refractivity contribution in [2.45, 2.75) is 104 Å². The van der Waals surface area contributed by atoms with Gasteiger partial charge in [0, 0.05) is 61.7 Å². The van der Waals surface area contributed by atoms with E-state index in [-0.39, 0.29) is 66.3 Å². The Morgan fingerprint density at radius 2 is 1.68 bits per heavy atom. The molecular formula is C64H74N9O16PS. The highest BCUT2D eigenvalue weighted by molar-refractivity contribution is 7.51. The number of aliphatic hydroxyl groups is 3. The zero-order chi connectivity index (χ0) is 64.6. The van der Waals surface area contributed by atoms with Crippen LogP contribution in [0, 0.1) is 23.2 Å². The number of pyridine rings is 1. The molecule has 482 valence electrons. The molecular weight excluding hydrogens is 1210 g/mol. The minimum atomic E-state index is -4.39. The number of nitrogens with zero attached hydrogens (tertiary/aromatic N) is 6. The lowest BCUT2D eigenvalue weighted by atomic mass is 9.39. The van der Waals surface area contributed by atoms with Gasteiger partial charge in [0.25, 0.3) is 11.7 Å². The lowest BCUT2D eigenvalue weighted by Crippen LogP contribution is -2.64. The van der Waals surface area contributed by atoms with Crippen molar-refractivity contribution >= 4 is 75.8 Å². The van der Waals surface area contributed by atoms with Gasteiger partial charge in [-0.05, 0) is 153 Å². The molecule has 4 fully saturated rings. The fourth-order valence-electron chi connectivity index (χ4n) is 15.1. The summed E-state index contributed by atoms with van der Waals surface area (Å²) >= 11 is 1.40. The molecule has 0 radical (unpaired) electrons. The number of anilines is 3. The van der Waals surface area contributed by atoms with Gasteiger partial charge in [-0.15, -0.1) is 0 Å². The number of aromatic nitrogens is 4. The van der Waals surface area contributed by atoms with E-state index in [1.54, 1.807) is 42.6 Å². The summed E-state index contributed by atoms with van der Waals surface area (Å²) < 4.78 is 38.5. The number of aliphatic carboxylic acids is 1. The summed E-state index contributed by atoms with van der Waals surface area (Å²) in [7, 11) is -4.39. The first kappa shape index (κ1) is 64.0. The zero-order valence-electron chi connectivity index (χ0n) is 50.6. The van der Waals surface area contributed by atoms with Crippen LogP contribution < -0.4 is 26.0 Å². The summed E-state index contributed by atoms with van der Waals surface area (Å²) in [5.41, 5.74) is 10.7. The standard InChI is InChI=1S/C64H74N9O16PS/c1-38-43(41-16-18-49(69-50(41)56(78)79)72-23-19-40-11-6-12-42(44(40)30-72)55(77)70-59-68-45-13-4-5-14-48(45)91-59)29-67-73(38)37-63-32-61(2)31-62(3,33-63)35-64(34-61,36-63)87-26-24-71(22-9-27-90(83,84)85)60(82)86-25-7-10-39-15-17-47(46(28-39)66-21-8-20-65)88-58-53(76)51(74)52(75)54(89-58)57(80)81/h4-7,10-18,28-29,58,66,74-76H,8-9,19-27,30-37,65H2,1-3H3,(H,78,79)(H,80,81)(H,68,70,77)(H2,83,84,85)/b10-7+/t58-,61-,62?,63?,64+/m0/s1. The molecule has 4 aliphatic carbocycles. The number of ether oxygens (including phenoxy) is 4. The van der Waals surface area contributed by atoms with E-state index >= 15 is 0 Å². The zero-order valence-corrected chi connectivity index (χ0v) is 52.3. The molecule has 2 amide bonds. The Balaban J connectivity index is 0.746. The maximum absolute atomic E-state index is 13.8. The van der Waals surface area contributed by atoms with Crippen LogP contribution in [-0.2, 0) is 43.1 Å². The first-order valence-corrected chi connectivity index (χ1v) is 32.7. The number of fused-ring (bicyclic) bond motifs is 2. The lowest BCUT2D eigenvalue weighted by molar-refractivity contribution is -0.248. The highest BCUT2D eigenvalue weighted by atomic mass is 32.1. The number of carboxylic acid groups (broad SMARTS) is 2. The van der Waals surface area contributed by atoms with Gasteiger partial charge < -0.3 is 75.1 Å². The van der Waals surface area contributed by atoms with Gasteiger partial charge in [-0.3, -0.25) is 19.4 Å². The van der Waals surface area contributed by atoms with Crippen LogP contribution in [0.3, 0.4) is 0 Å². The van der Waals surface area contributed by atoms with Gasteiger partial charge in [-0.25, -0.2) is 24.4 Å². The second-order valence-electron chi connectivity index (χ2n) is 25.3. The van der Waals surface area contributed by atoms with Gasteiger partial charge in [0.15, 0.2) is 10.8 Å². The topological polar surface area (TPSA) is 364 Å². The minimum absolute atomic E-state index is 0.00453. The summed E-state index contributed by atoms with van der Waals surface area (Å²) in [6.07, 6.45) is 8.37. The molecule has 6 aromatic rings. The Morgan fingerprint density at radius 1 is 0.901 bits per heavy atom. The van der Waals surface area contributed by atoms with Crippen molar-refractivity contribution in [1.82, 2.24) is 24.6 Å². The van der Waals surface area contributed by atoms with Gasteiger partial charge in [-0.2, -0.15) is 5.10 Å². The summed E-state index contributed by atoms with van der Waals surface area (Å²) in [5, 5.41) is 62.3. The first-order valence-electron chi connectivity index (χ1n) is 30.1. The molecule has 5 atom stereocenters. The third-order valence-electron chi connectivity index (χ3n) is 17.7. The fraction of sp³-hybridized carbons (Fsp3) is 0.422. The molecule has 2 aliphatic heterocycles. The maximum Gasteiger partial charge on any atom is 0.410 e. The van der Waals surface area contributed by atoms with Crippen LogP contribution in [0.5, 0.6) is 5.75 Å². The SMILES string of the molecule is Cc1c(-c2ccc(N3CCc4cccc(C(=O)Nc5nc6ccccc6s5)c4C3)nc2C(=O)O)cnn1CC12CC3(C)C[C@@](C)(C1)C[C@@](OCCN(CCCP(=O)(O)O)C(=O)OC/C=C/c1ccc(O[C@H]4OC(C(=O)O)=C(O)C(O)=C4O)c(NCCCN)c1)(C3)C2. The molecule has 3 aromatic heterocycles. The predicted molar refractivity (Wildman–Crippen MR) is 338 cm³/mol. The quantitative estimate of drug-likeness (QED) is 0.0188. The Bertz CT molecular complexity index is 3920. The van der Waals surface area contributed by atoms with Crippen molar-refractivity contribution in [2.75, 3.05) is 67.6 Å². The van der Waals surface area contributed by atoms with Gasteiger partial charge in [0.1, 0.15) is 18.2 Å². The number of aromatic carboxylic acids is 1. The second kappa shape index (κ2) is 25.6. The number of benzene rings is 3. The molecule has 4 bridgehead atoms. The number of amides is 2. The molecule has 27 heteroatoms. The van der Waals surface area contributed by atoms with E-state index in [9.17, 15) is 59.1 Å². The Labute approximate surface area is 528 Å². The fourth-order valence-corrected chi connectivity index (χ4v) is 16.5. The van der Waals surface area contributed by atoms with E-state index in [0.717, 1.165) is 65.6 Å². The predicted octanol–water partition coefficient (Wildman–Crippen LogP) is 9.91. The van der Waals surface area contributed by atoms with Crippen LogP contribution in [0.25, 0.3) is 27.4 Å².